The van der Waals surface area contributed by atoms with Gasteiger partial charge in [-0.05, 0) is 42.8 Å². The second kappa shape index (κ2) is 5.82. The highest BCUT2D eigenvalue weighted by atomic mass is 79.9. The van der Waals surface area contributed by atoms with Crippen LogP contribution in [0.5, 0.6) is 0 Å². The van der Waals surface area contributed by atoms with Gasteiger partial charge in [0.05, 0.1) is 10.7 Å². The highest BCUT2D eigenvalue weighted by Gasteiger charge is 2.21. The Kier molecular flexibility index (Phi) is 4.46. The van der Waals surface area contributed by atoms with Crippen molar-refractivity contribution >= 4 is 48.9 Å². The van der Waals surface area contributed by atoms with E-state index in [1.165, 1.54) is 24.3 Å². The van der Waals surface area contributed by atoms with Crippen molar-refractivity contribution in [2.45, 2.75) is 11.8 Å². The van der Waals surface area contributed by atoms with Gasteiger partial charge in [-0.3, -0.25) is 4.72 Å². The van der Waals surface area contributed by atoms with Gasteiger partial charge in [0.2, 0.25) is 0 Å². The monoisotopic (exact) mass is 392 g/mol. The van der Waals surface area contributed by atoms with E-state index in [9.17, 15) is 12.8 Å². The van der Waals surface area contributed by atoms with Gasteiger partial charge >= 0.3 is 0 Å². The van der Waals surface area contributed by atoms with Crippen molar-refractivity contribution < 1.29 is 12.8 Å². The second-order valence-electron chi connectivity index (χ2n) is 4.37. The van der Waals surface area contributed by atoms with Crippen molar-refractivity contribution in [1.29, 1.82) is 0 Å². The average Bonchev–Trinajstić information content (AvgIpc) is 2.37. The summed E-state index contributed by atoms with van der Waals surface area (Å²) in [6, 6.07) is 6.62. The molecule has 0 aromatic heterocycles. The Morgan fingerprint density at radius 2 is 1.95 bits per heavy atom. The van der Waals surface area contributed by atoms with Crippen LogP contribution in [0.4, 0.5) is 15.8 Å². The molecular weight excluding hydrogens is 383 g/mol. The zero-order chi connectivity index (χ0) is 15.8. The zero-order valence-corrected chi connectivity index (χ0v) is 14.0. The summed E-state index contributed by atoms with van der Waals surface area (Å²) in [5.41, 5.74) is 6.47. The molecule has 0 heterocycles. The second-order valence-corrected chi connectivity index (χ2v) is 7.34. The van der Waals surface area contributed by atoms with E-state index in [2.05, 4.69) is 20.7 Å². The first-order valence-corrected chi connectivity index (χ1v) is 8.39. The predicted molar refractivity (Wildman–Crippen MR) is 85.5 cm³/mol. The topological polar surface area (TPSA) is 72.2 Å². The Hall–Kier alpha value is -1.31. The van der Waals surface area contributed by atoms with E-state index in [0.29, 0.717) is 10.0 Å². The van der Waals surface area contributed by atoms with Crippen molar-refractivity contribution in [3.8, 4) is 0 Å². The summed E-state index contributed by atoms with van der Waals surface area (Å²) in [6.45, 7) is 1.71. The quantitative estimate of drug-likeness (QED) is 0.776. The fraction of sp³-hybridized carbons (Fsp3) is 0.0769. The lowest BCUT2D eigenvalue weighted by molar-refractivity contribution is 0.598. The molecule has 0 bridgehead atoms. The molecule has 2 rings (SSSR count). The molecule has 0 spiro atoms. The Morgan fingerprint density at radius 1 is 1.29 bits per heavy atom. The number of sulfonamides is 1. The smallest absolute Gasteiger partial charge is 0.263 e. The first kappa shape index (κ1) is 16.1. The van der Waals surface area contributed by atoms with Crippen LogP contribution in [0.1, 0.15) is 5.56 Å². The summed E-state index contributed by atoms with van der Waals surface area (Å²) < 4.78 is 41.0. The molecule has 3 N–H and O–H groups in total. The number of aryl methyl sites for hydroxylation is 1. The summed E-state index contributed by atoms with van der Waals surface area (Å²) in [4.78, 5) is -0.202. The molecule has 2 aromatic carbocycles. The van der Waals surface area contributed by atoms with E-state index in [4.69, 9.17) is 17.3 Å². The lowest BCUT2D eigenvalue weighted by Gasteiger charge is -2.12. The van der Waals surface area contributed by atoms with Gasteiger partial charge in [0.25, 0.3) is 10.0 Å². The summed E-state index contributed by atoms with van der Waals surface area (Å²) in [5.74, 6) is -0.696. The predicted octanol–water partition coefficient (Wildman–Crippen LogP) is 3.93. The normalized spacial score (nSPS) is 11.4. The van der Waals surface area contributed by atoms with Crippen molar-refractivity contribution in [2.24, 2.45) is 0 Å². The molecule has 4 nitrogen and oxygen atoms in total. The van der Waals surface area contributed by atoms with Gasteiger partial charge in [0.1, 0.15) is 10.7 Å². The van der Waals surface area contributed by atoms with Crippen LogP contribution < -0.4 is 10.5 Å². The van der Waals surface area contributed by atoms with E-state index < -0.39 is 15.8 Å². The van der Waals surface area contributed by atoms with Gasteiger partial charge in [-0.25, -0.2) is 12.8 Å². The summed E-state index contributed by atoms with van der Waals surface area (Å²) in [6.07, 6.45) is 0. The van der Waals surface area contributed by atoms with Crippen molar-refractivity contribution in [2.75, 3.05) is 10.5 Å². The Bertz CT molecular complexity index is 812. The average molecular weight is 394 g/mol. The van der Waals surface area contributed by atoms with Crippen LogP contribution in [0, 0.1) is 12.7 Å². The SMILES string of the molecule is Cc1cc(Cl)c(S(=O)(=O)Nc2cc(Br)ccc2F)cc1N. The minimum absolute atomic E-state index is 0.0182. The fourth-order valence-electron chi connectivity index (χ4n) is 1.65. The molecule has 0 saturated heterocycles. The molecule has 0 unspecified atom stereocenters. The molecule has 0 aliphatic carbocycles. The van der Waals surface area contributed by atoms with Crippen molar-refractivity contribution in [3.05, 3.63) is 51.2 Å². The summed E-state index contributed by atoms with van der Waals surface area (Å²) >= 11 is 9.09. The van der Waals surface area contributed by atoms with Gasteiger partial charge in [-0.1, -0.05) is 27.5 Å². The lowest BCUT2D eigenvalue weighted by atomic mass is 10.2. The lowest BCUT2D eigenvalue weighted by Crippen LogP contribution is -2.15. The van der Waals surface area contributed by atoms with Gasteiger partial charge in [-0.2, -0.15) is 0 Å². The maximum absolute atomic E-state index is 13.7. The Balaban J connectivity index is 2.48. The van der Waals surface area contributed by atoms with Crippen LogP contribution in [0.2, 0.25) is 5.02 Å². The van der Waals surface area contributed by atoms with Crippen LogP contribution in [0.25, 0.3) is 0 Å². The number of anilines is 2. The van der Waals surface area contributed by atoms with Crippen LogP contribution in [0.15, 0.2) is 39.7 Å². The molecule has 0 amide bonds. The van der Waals surface area contributed by atoms with E-state index in [1.807, 2.05) is 0 Å². The minimum atomic E-state index is -4.05. The molecule has 21 heavy (non-hydrogen) atoms. The molecule has 0 aliphatic heterocycles. The number of hydrogen-bond acceptors (Lipinski definition) is 3. The zero-order valence-electron chi connectivity index (χ0n) is 10.8. The molecule has 0 radical (unpaired) electrons. The highest BCUT2D eigenvalue weighted by Crippen LogP contribution is 2.29. The molecule has 0 aliphatic rings. The highest BCUT2D eigenvalue weighted by molar-refractivity contribution is 9.10. The van der Waals surface area contributed by atoms with Crippen LogP contribution >= 0.6 is 27.5 Å². The van der Waals surface area contributed by atoms with Crippen molar-refractivity contribution in [1.82, 2.24) is 0 Å². The van der Waals surface area contributed by atoms with E-state index in [-0.39, 0.29) is 21.3 Å². The minimum Gasteiger partial charge on any atom is -0.398 e. The van der Waals surface area contributed by atoms with E-state index in [0.717, 1.165) is 6.07 Å². The number of halogens is 3. The largest absolute Gasteiger partial charge is 0.398 e. The molecule has 0 saturated carbocycles. The molecule has 8 heteroatoms. The van der Waals surface area contributed by atoms with Gasteiger partial charge in [0.15, 0.2) is 0 Å². The number of nitrogens with one attached hydrogen (secondary N) is 1. The Labute approximate surface area is 135 Å². The summed E-state index contributed by atoms with van der Waals surface area (Å²) in [7, 11) is -4.05. The van der Waals surface area contributed by atoms with Crippen LogP contribution in [-0.4, -0.2) is 8.42 Å². The molecule has 2 aromatic rings. The molecular formula is C13H11BrClFN2O2S. The third-order valence-corrected chi connectivity index (χ3v) is 5.11. The Morgan fingerprint density at radius 3 is 2.62 bits per heavy atom. The van der Waals surface area contributed by atoms with E-state index in [1.54, 1.807) is 6.92 Å². The van der Waals surface area contributed by atoms with Crippen molar-refractivity contribution in [3.63, 3.8) is 0 Å². The standard InChI is InChI=1S/C13H11BrClFN2O2S/c1-7-4-9(15)13(6-11(7)17)21(19,20)18-12-5-8(14)2-3-10(12)16/h2-6,18H,17H2,1H3. The number of benzene rings is 2. The van der Waals surface area contributed by atoms with Gasteiger partial charge in [0, 0.05) is 10.2 Å². The number of nitrogen functional groups attached to an aromatic ring is 1. The molecule has 112 valence electrons. The number of nitrogens with two attached hydrogens (primary N) is 1. The number of hydrogen-bond donors (Lipinski definition) is 2. The van der Waals surface area contributed by atoms with Gasteiger partial charge in [-0.15, -0.1) is 0 Å². The van der Waals surface area contributed by atoms with Crippen LogP contribution in [-0.2, 0) is 10.0 Å². The summed E-state index contributed by atoms with van der Waals surface area (Å²) in [5, 5.41) is 0.0182. The maximum atomic E-state index is 13.7. The fourth-order valence-corrected chi connectivity index (χ4v) is 3.69. The van der Waals surface area contributed by atoms with Crippen LogP contribution in [0.3, 0.4) is 0 Å². The first-order chi connectivity index (χ1) is 9.70. The molecule has 0 atom stereocenters. The molecule has 0 fully saturated rings. The first-order valence-electron chi connectivity index (χ1n) is 5.74. The third kappa shape index (κ3) is 3.48. The van der Waals surface area contributed by atoms with E-state index >= 15 is 0 Å². The van der Waals surface area contributed by atoms with Gasteiger partial charge < -0.3 is 5.73 Å². The maximum Gasteiger partial charge on any atom is 0.263 e. The number of rotatable bonds is 3. The third-order valence-electron chi connectivity index (χ3n) is 2.78.